The normalized spacial score (nSPS) is 10.9. The van der Waals surface area contributed by atoms with E-state index >= 15 is 0 Å². The van der Waals surface area contributed by atoms with Crippen molar-refractivity contribution in [1.29, 1.82) is 0 Å². The zero-order valence-corrected chi connectivity index (χ0v) is 15.1. The van der Waals surface area contributed by atoms with Crippen molar-refractivity contribution >= 4 is 22.6 Å². The summed E-state index contributed by atoms with van der Waals surface area (Å²) in [6.45, 7) is 3.94. The summed E-state index contributed by atoms with van der Waals surface area (Å²) in [5.74, 6) is 0.513. The standard InChI is InChI=1S/C21H21NO4/c1-14(2)18-12-21(24)26-19-11-16(9-10-17(18)19)25-13-20(23)22(3)15-7-5-4-6-8-15/h4-12,14H,13H2,1-3H3. The molecule has 0 spiro atoms. The van der Waals surface area contributed by atoms with Crippen molar-refractivity contribution in [2.24, 2.45) is 0 Å². The van der Waals surface area contributed by atoms with E-state index in [-0.39, 0.29) is 18.4 Å². The molecule has 26 heavy (non-hydrogen) atoms. The van der Waals surface area contributed by atoms with Crippen LogP contribution in [0.5, 0.6) is 5.75 Å². The highest BCUT2D eigenvalue weighted by atomic mass is 16.5. The minimum atomic E-state index is -0.391. The van der Waals surface area contributed by atoms with E-state index in [2.05, 4.69) is 0 Å². The van der Waals surface area contributed by atoms with Crippen LogP contribution in [0.1, 0.15) is 25.3 Å². The van der Waals surface area contributed by atoms with E-state index in [9.17, 15) is 9.59 Å². The zero-order chi connectivity index (χ0) is 18.7. The third-order valence-corrected chi connectivity index (χ3v) is 4.25. The third kappa shape index (κ3) is 3.77. The summed E-state index contributed by atoms with van der Waals surface area (Å²) in [6, 6.07) is 16.2. The van der Waals surface area contributed by atoms with Crippen LogP contribution in [-0.2, 0) is 4.79 Å². The van der Waals surface area contributed by atoms with E-state index in [1.165, 1.54) is 11.0 Å². The van der Waals surface area contributed by atoms with Crippen LogP contribution in [0.15, 0.2) is 63.8 Å². The highest BCUT2D eigenvalue weighted by Gasteiger charge is 2.13. The van der Waals surface area contributed by atoms with Gasteiger partial charge in [0.15, 0.2) is 6.61 Å². The Morgan fingerprint density at radius 1 is 1.12 bits per heavy atom. The summed E-state index contributed by atoms with van der Waals surface area (Å²) < 4.78 is 10.9. The molecule has 0 saturated heterocycles. The molecule has 2 aromatic carbocycles. The largest absolute Gasteiger partial charge is 0.484 e. The van der Waals surface area contributed by atoms with E-state index in [0.29, 0.717) is 11.3 Å². The van der Waals surface area contributed by atoms with Crippen LogP contribution in [0, 0.1) is 0 Å². The minimum Gasteiger partial charge on any atom is -0.484 e. The van der Waals surface area contributed by atoms with Gasteiger partial charge in [-0.05, 0) is 35.7 Å². The molecule has 0 bridgehead atoms. The summed E-state index contributed by atoms with van der Waals surface area (Å²) in [6.07, 6.45) is 0. The van der Waals surface area contributed by atoms with Gasteiger partial charge in [-0.3, -0.25) is 4.79 Å². The number of carbonyl (C=O) groups is 1. The first-order valence-corrected chi connectivity index (χ1v) is 8.48. The molecule has 1 aromatic heterocycles. The highest BCUT2D eigenvalue weighted by Crippen LogP contribution is 2.27. The smallest absolute Gasteiger partial charge is 0.336 e. The first-order valence-electron chi connectivity index (χ1n) is 8.48. The molecule has 5 nitrogen and oxygen atoms in total. The highest BCUT2D eigenvalue weighted by molar-refractivity contribution is 5.94. The average molecular weight is 351 g/mol. The SMILES string of the molecule is CC(C)c1cc(=O)oc2cc(OCC(=O)N(C)c3ccccc3)ccc12. The molecule has 3 rings (SSSR count). The van der Waals surface area contributed by atoms with Gasteiger partial charge in [-0.1, -0.05) is 32.0 Å². The summed E-state index contributed by atoms with van der Waals surface area (Å²) in [7, 11) is 1.70. The number of amides is 1. The molecule has 0 aliphatic carbocycles. The fraction of sp³-hybridized carbons (Fsp3) is 0.238. The maximum Gasteiger partial charge on any atom is 0.336 e. The Morgan fingerprint density at radius 2 is 1.85 bits per heavy atom. The number of benzene rings is 2. The molecule has 3 aromatic rings. The fourth-order valence-corrected chi connectivity index (χ4v) is 2.77. The zero-order valence-electron chi connectivity index (χ0n) is 15.1. The summed E-state index contributed by atoms with van der Waals surface area (Å²) in [5, 5.41) is 0.875. The first-order chi connectivity index (χ1) is 12.5. The fourth-order valence-electron chi connectivity index (χ4n) is 2.77. The van der Waals surface area contributed by atoms with Crippen LogP contribution in [0.2, 0.25) is 0 Å². The van der Waals surface area contributed by atoms with E-state index in [4.69, 9.17) is 9.15 Å². The van der Waals surface area contributed by atoms with Crippen LogP contribution in [0.4, 0.5) is 5.69 Å². The number of hydrogen-bond donors (Lipinski definition) is 0. The number of nitrogens with zero attached hydrogens (tertiary/aromatic N) is 1. The summed E-state index contributed by atoms with van der Waals surface area (Å²) in [5.41, 5.74) is 1.80. The second-order valence-corrected chi connectivity index (χ2v) is 6.41. The maximum atomic E-state index is 12.3. The van der Waals surface area contributed by atoms with Crippen LogP contribution in [-0.4, -0.2) is 19.6 Å². The Hall–Kier alpha value is -3.08. The predicted octanol–water partition coefficient (Wildman–Crippen LogP) is 3.96. The van der Waals surface area contributed by atoms with Gasteiger partial charge in [-0.25, -0.2) is 4.79 Å². The first kappa shape index (κ1) is 17.7. The van der Waals surface area contributed by atoms with Crippen LogP contribution < -0.4 is 15.3 Å². The number of carbonyl (C=O) groups excluding carboxylic acids is 1. The van der Waals surface area contributed by atoms with Gasteiger partial charge >= 0.3 is 5.63 Å². The molecule has 0 unspecified atom stereocenters. The molecule has 0 aliphatic heterocycles. The number of hydrogen-bond acceptors (Lipinski definition) is 4. The molecule has 1 amide bonds. The van der Waals surface area contributed by atoms with Gasteiger partial charge in [0.05, 0.1) is 0 Å². The predicted molar refractivity (Wildman–Crippen MR) is 102 cm³/mol. The van der Waals surface area contributed by atoms with Crippen molar-refractivity contribution in [2.75, 3.05) is 18.6 Å². The van der Waals surface area contributed by atoms with Gasteiger partial charge < -0.3 is 14.1 Å². The van der Waals surface area contributed by atoms with Crippen molar-refractivity contribution in [3.63, 3.8) is 0 Å². The Labute approximate surface area is 151 Å². The van der Waals surface area contributed by atoms with Crippen LogP contribution >= 0.6 is 0 Å². The lowest BCUT2D eigenvalue weighted by molar-refractivity contribution is -0.120. The monoisotopic (exact) mass is 351 g/mol. The van der Waals surface area contributed by atoms with Gasteiger partial charge in [-0.2, -0.15) is 0 Å². The Morgan fingerprint density at radius 3 is 2.54 bits per heavy atom. The van der Waals surface area contributed by atoms with Gasteiger partial charge in [0, 0.05) is 30.3 Å². The Kier molecular flexibility index (Phi) is 5.07. The second-order valence-electron chi connectivity index (χ2n) is 6.41. The molecule has 134 valence electrons. The average Bonchev–Trinajstić information content (AvgIpc) is 2.65. The van der Waals surface area contributed by atoms with E-state index in [0.717, 1.165) is 16.6 Å². The number of rotatable bonds is 5. The lowest BCUT2D eigenvalue weighted by Gasteiger charge is -2.17. The number of ether oxygens (including phenoxy) is 1. The minimum absolute atomic E-state index is 0.106. The van der Waals surface area contributed by atoms with Crippen LogP contribution in [0.25, 0.3) is 11.0 Å². The maximum absolute atomic E-state index is 12.3. The topological polar surface area (TPSA) is 59.8 Å². The van der Waals surface area contributed by atoms with Crippen LogP contribution in [0.3, 0.4) is 0 Å². The molecule has 5 heteroatoms. The van der Waals surface area contributed by atoms with Crippen molar-refractivity contribution in [1.82, 2.24) is 0 Å². The van der Waals surface area contributed by atoms with Gasteiger partial charge in [0.1, 0.15) is 11.3 Å². The molecule has 0 N–H and O–H groups in total. The Bertz CT molecular complexity index is 976. The Balaban J connectivity index is 1.77. The number of anilines is 1. The van der Waals surface area contributed by atoms with Crippen molar-refractivity contribution in [3.8, 4) is 5.75 Å². The number of fused-ring (bicyclic) bond motifs is 1. The lowest BCUT2D eigenvalue weighted by Crippen LogP contribution is -2.31. The van der Waals surface area contributed by atoms with Crippen molar-refractivity contribution in [2.45, 2.75) is 19.8 Å². The van der Waals surface area contributed by atoms with Gasteiger partial charge in [0.2, 0.25) is 0 Å². The number of likely N-dealkylation sites (N-methyl/N-ethyl adjacent to an activating group) is 1. The van der Waals surface area contributed by atoms with Crippen molar-refractivity contribution in [3.05, 3.63) is 70.6 Å². The molecular weight excluding hydrogens is 330 g/mol. The molecule has 0 fully saturated rings. The van der Waals surface area contributed by atoms with Gasteiger partial charge in [-0.15, -0.1) is 0 Å². The van der Waals surface area contributed by atoms with Gasteiger partial charge in [0.25, 0.3) is 5.91 Å². The molecule has 0 atom stereocenters. The van der Waals surface area contributed by atoms with E-state index in [1.54, 1.807) is 19.2 Å². The molecule has 0 aliphatic rings. The lowest BCUT2D eigenvalue weighted by atomic mass is 10.00. The van der Waals surface area contributed by atoms with E-state index in [1.807, 2.05) is 50.2 Å². The molecule has 0 saturated carbocycles. The van der Waals surface area contributed by atoms with E-state index < -0.39 is 5.63 Å². The van der Waals surface area contributed by atoms with Crippen molar-refractivity contribution < 1.29 is 13.9 Å². The molecular formula is C21H21NO4. The molecule has 0 radical (unpaired) electrons. The number of para-hydroxylation sites is 1. The summed E-state index contributed by atoms with van der Waals surface area (Å²) in [4.78, 5) is 25.6. The molecule has 1 heterocycles. The third-order valence-electron chi connectivity index (χ3n) is 4.25. The summed E-state index contributed by atoms with van der Waals surface area (Å²) >= 11 is 0. The quantitative estimate of drug-likeness (QED) is 0.653. The second kappa shape index (κ2) is 7.44.